The summed E-state index contributed by atoms with van der Waals surface area (Å²) in [6, 6.07) is 94.2. The van der Waals surface area contributed by atoms with Gasteiger partial charge < -0.3 is 9.47 Å². The Bertz CT molecular complexity index is 3880. The van der Waals surface area contributed by atoms with Crippen molar-refractivity contribution in [3.8, 4) is 50.2 Å². The summed E-state index contributed by atoms with van der Waals surface area (Å²) in [5.74, 6) is 0. The maximum atomic E-state index is 2.47. The zero-order valence-electron chi connectivity index (χ0n) is 36.6. The standard InChI is InChI=1S/C65H42N2/c1-2-22-48(23-3-1)66(50-36-37-55-54-28-8-12-32-60(54)65(61(55)42-50)58-30-10-6-26-52(58)53-27-7-11-31-59(53)65)49-24-15-21-46(40-49)44-19-14-20-45(39-44)47-35-38-64-57(41-47)56-29-9-13-33-63(56)67(64)62-34-16-18-43-17-4-5-25-51(43)62/h1-42H. The van der Waals surface area contributed by atoms with Gasteiger partial charge in [-0.3, -0.25) is 0 Å². The molecule has 14 rings (SSSR count). The minimum atomic E-state index is -0.423. The molecule has 67 heavy (non-hydrogen) atoms. The van der Waals surface area contributed by atoms with Gasteiger partial charge in [0.05, 0.1) is 22.1 Å². The van der Waals surface area contributed by atoms with Crippen molar-refractivity contribution < 1.29 is 0 Å². The summed E-state index contributed by atoms with van der Waals surface area (Å²) in [5.41, 5.74) is 21.8. The fourth-order valence-corrected chi connectivity index (χ4v) is 11.8. The van der Waals surface area contributed by atoms with E-state index in [9.17, 15) is 0 Å². The van der Waals surface area contributed by atoms with Gasteiger partial charge in [0.25, 0.3) is 0 Å². The molecular formula is C65H42N2. The van der Waals surface area contributed by atoms with Gasteiger partial charge in [0.1, 0.15) is 0 Å². The van der Waals surface area contributed by atoms with E-state index in [0.717, 1.165) is 22.6 Å². The minimum Gasteiger partial charge on any atom is -0.310 e. The zero-order valence-corrected chi connectivity index (χ0v) is 36.6. The van der Waals surface area contributed by atoms with Crippen molar-refractivity contribution >= 4 is 49.6 Å². The Hall–Kier alpha value is -8.72. The Kier molecular flexibility index (Phi) is 8.23. The van der Waals surface area contributed by atoms with E-state index in [1.165, 1.54) is 99.5 Å². The Morgan fingerprint density at radius 1 is 0.284 bits per heavy atom. The van der Waals surface area contributed by atoms with Crippen LogP contribution in [0.4, 0.5) is 17.1 Å². The number of anilines is 3. The molecule has 2 nitrogen and oxygen atoms in total. The molecule has 2 heteroatoms. The van der Waals surface area contributed by atoms with Gasteiger partial charge in [-0.25, -0.2) is 0 Å². The largest absolute Gasteiger partial charge is 0.310 e. The molecule has 12 aromatic rings. The maximum Gasteiger partial charge on any atom is 0.0726 e. The molecule has 0 atom stereocenters. The zero-order chi connectivity index (χ0) is 44.1. The Labute approximate surface area is 389 Å². The van der Waals surface area contributed by atoms with Crippen LogP contribution in [0.3, 0.4) is 0 Å². The molecule has 0 saturated carbocycles. The van der Waals surface area contributed by atoms with Gasteiger partial charge in [0.15, 0.2) is 0 Å². The van der Waals surface area contributed by atoms with E-state index in [1.54, 1.807) is 0 Å². The predicted molar refractivity (Wildman–Crippen MR) is 280 cm³/mol. The topological polar surface area (TPSA) is 8.17 Å². The second kappa shape index (κ2) is 14.7. The van der Waals surface area contributed by atoms with E-state index in [2.05, 4.69) is 264 Å². The molecule has 11 aromatic carbocycles. The van der Waals surface area contributed by atoms with Gasteiger partial charge in [-0.1, -0.05) is 188 Å². The van der Waals surface area contributed by atoms with Crippen molar-refractivity contribution in [3.63, 3.8) is 0 Å². The molecule has 312 valence electrons. The second-order valence-electron chi connectivity index (χ2n) is 18.0. The van der Waals surface area contributed by atoms with Crippen LogP contribution >= 0.6 is 0 Å². The van der Waals surface area contributed by atoms with Gasteiger partial charge >= 0.3 is 0 Å². The highest BCUT2D eigenvalue weighted by atomic mass is 15.1. The van der Waals surface area contributed by atoms with Gasteiger partial charge in [-0.15, -0.1) is 0 Å². The van der Waals surface area contributed by atoms with Crippen LogP contribution in [0.25, 0.3) is 82.8 Å². The summed E-state index contributed by atoms with van der Waals surface area (Å²) in [7, 11) is 0. The van der Waals surface area contributed by atoms with Crippen molar-refractivity contribution in [2.24, 2.45) is 0 Å². The smallest absolute Gasteiger partial charge is 0.0726 e. The SMILES string of the molecule is c1ccc(N(c2cccc(-c3cccc(-c4ccc5c(c4)c4ccccc4n5-c4cccc5ccccc45)c3)c2)c2ccc3c(c2)C2(c4ccccc4-c4ccccc42)c2ccccc2-3)cc1. The van der Waals surface area contributed by atoms with Crippen molar-refractivity contribution in [3.05, 3.63) is 277 Å². The highest BCUT2D eigenvalue weighted by Gasteiger charge is 2.51. The number of aromatic nitrogens is 1. The van der Waals surface area contributed by atoms with Crippen LogP contribution in [0, 0.1) is 0 Å². The lowest BCUT2D eigenvalue weighted by Crippen LogP contribution is -2.26. The van der Waals surface area contributed by atoms with Crippen LogP contribution in [0.5, 0.6) is 0 Å². The normalized spacial score (nSPS) is 12.9. The predicted octanol–water partition coefficient (Wildman–Crippen LogP) is 17.1. The number of para-hydroxylation sites is 2. The van der Waals surface area contributed by atoms with Crippen molar-refractivity contribution in [2.45, 2.75) is 5.41 Å². The molecule has 0 bridgehead atoms. The molecule has 0 saturated heterocycles. The Morgan fingerprint density at radius 3 is 1.52 bits per heavy atom. The molecule has 0 N–H and O–H groups in total. The second-order valence-corrected chi connectivity index (χ2v) is 18.0. The summed E-state index contributed by atoms with van der Waals surface area (Å²) in [6.07, 6.45) is 0. The van der Waals surface area contributed by atoms with Crippen LogP contribution in [0.1, 0.15) is 22.3 Å². The van der Waals surface area contributed by atoms with Gasteiger partial charge in [-0.2, -0.15) is 0 Å². The minimum absolute atomic E-state index is 0.423. The van der Waals surface area contributed by atoms with E-state index >= 15 is 0 Å². The lowest BCUT2D eigenvalue weighted by atomic mass is 9.70. The van der Waals surface area contributed by atoms with Crippen molar-refractivity contribution in [2.75, 3.05) is 4.90 Å². The van der Waals surface area contributed by atoms with Gasteiger partial charge in [0, 0.05) is 33.2 Å². The summed E-state index contributed by atoms with van der Waals surface area (Å²) in [5, 5.41) is 4.98. The summed E-state index contributed by atoms with van der Waals surface area (Å²) in [4.78, 5) is 2.43. The first-order chi connectivity index (χ1) is 33.2. The van der Waals surface area contributed by atoms with Gasteiger partial charge in [0.2, 0.25) is 0 Å². The summed E-state index contributed by atoms with van der Waals surface area (Å²) < 4.78 is 2.43. The number of hydrogen-bond acceptors (Lipinski definition) is 1. The number of nitrogens with zero attached hydrogens (tertiary/aromatic N) is 2. The fraction of sp³-hybridized carbons (Fsp3) is 0.0154. The van der Waals surface area contributed by atoms with Crippen LogP contribution in [-0.2, 0) is 5.41 Å². The third-order valence-corrected chi connectivity index (χ3v) is 14.6. The third kappa shape index (κ3) is 5.51. The molecule has 0 aliphatic heterocycles. The molecule has 0 radical (unpaired) electrons. The number of fused-ring (bicyclic) bond motifs is 14. The van der Waals surface area contributed by atoms with Crippen LogP contribution in [-0.4, -0.2) is 4.57 Å². The first kappa shape index (κ1) is 37.6. The summed E-state index contributed by atoms with van der Waals surface area (Å²) >= 11 is 0. The number of rotatable bonds is 6. The van der Waals surface area contributed by atoms with Crippen molar-refractivity contribution in [1.82, 2.24) is 4.57 Å². The lowest BCUT2D eigenvalue weighted by Gasteiger charge is -2.32. The van der Waals surface area contributed by atoms with Crippen LogP contribution in [0.2, 0.25) is 0 Å². The number of hydrogen-bond donors (Lipinski definition) is 0. The molecule has 2 aliphatic carbocycles. The molecule has 0 amide bonds. The highest BCUT2D eigenvalue weighted by molar-refractivity contribution is 6.12. The molecule has 0 fully saturated rings. The quantitative estimate of drug-likeness (QED) is 0.162. The first-order valence-corrected chi connectivity index (χ1v) is 23.3. The molecular weight excluding hydrogens is 809 g/mol. The van der Waals surface area contributed by atoms with E-state index in [1.807, 2.05) is 0 Å². The average molecular weight is 851 g/mol. The van der Waals surface area contributed by atoms with E-state index in [0.29, 0.717) is 0 Å². The Balaban J connectivity index is 0.889. The molecule has 2 aliphatic rings. The van der Waals surface area contributed by atoms with Crippen LogP contribution in [0.15, 0.2) is 255 Å². The highest BCUT2D eigenvalue weighted by Crippen LogP contribution is 2.63. The van der Waals surface area contributed by atoms with Gasteiger partial charge in [-0.05, 0) is 139 Å². The monoisotopic (exact) mass is 850 g/mol. The molecule has 1 aromatic heterocycles. The van der Waals surface area contributed by atoms with E-state index in [-0.39, 0.29) is 0 Å². The maximum absolute atomic E-state index is 2.47. The number of benzene rings is 11. The van der Waals surface area contributed by atoms with Crippen molar-refractivity contribution in [1.29, 1.82) is 0 Å². The lowest BCUT2D eigenvalue weighted by molar-refractivity contribution is 0.793. The molecule has 1 spiro atoms. The third-order valence-electron chi connectivity index (χ3n) is 14.6. The van der Waals surface area contributed by atoms with E-state index in [4.69, 9.17) is 0 Å². The van der Waals surface area contributed by atoms with Crippen LogP contribution < -0.4 is 4.90 Å². The molecule has 1 heterocycles. The fourth-order valence-electron chi connectivity index (χ4n) is 11.8. The molecule has 0 unspecified atom stereocenters. The average Bonchev–Trinajstić information content (AvgIpc) is 4.00. The Morgan fingerprint density at radius 2 is 0.791 bits per heavy atom. The van der Waals surface area contributed by atoms with E-state index < -0.39 is 5.41 Å². The first-order valence-electron chi connectivity index (χ1n) is 23.3. The summed E-state index contributed by atoms with van der Waals surface area (Å²) in [6.45, 7) is 0.